The van der Waals surface area contributed by atoms with E-state index in [-0.39, 0.29) is 24.7 Å². The fourth-order valence-corrected chi connectivity index (χ4v) is 3.45. The molecule has 0 aliphatic rings. The van der Waals surface area contributed by atoms with Crippen LogP contribution >= 0.6 is 0 Å². The molecule has 7 nitrogen and oxygen atoms in total. The van der Waals surface area contributed by atoms with Crippen LogP contribution in [-0.4, -0.2) is 36.4 Å². The van der Waals surface area contributed by atoms with E-state index in [4.69, 9.17) is 0 Å². The van der Waals surface area contributed by atoms with E-state index in [1.807, 2.05) is 60.7 Å². The molecule has 0 atom stereocenters. The molecule has 0 saturated carbocycles. The highest BCUT2D eigenvalue weighted by molar-refractivity contribution is 7.89. The van der Waals surface area contributed by atoms with Crippen molar-refractivity contribution in [2.45, 2.75) is 6.54 Å². The van der Waals surface area contributed by atoms with Crippen LogP contribution in [0.3, 0.4) is 0 Å². The SMILES string of the molecule is O=C(C=Cc1cnn(-c2ccccc2)c1)NCCS(=O)(=O)NCc1ccccc1. The van der Waals surface area contributed by atoms with Crippen LogP contribution in [-0.2, 0) is 21.4 Å². The van der Waals surface area contributed by atoms with Gasteiger partial charge in [0.25, 0.3) is 0 Å². The Kier molecular flexibility index (Phi) is 6.94. The summed E-state index contributed by atoms with van der Waals surface area (Å²) in [5, 5.41) is 6.82. The maximum Gasteiger partial charge on any atom is 0.244 e. The fourth-order valence-electron chi connectivity index (χ4n) is 2.55. The smallest absolute Gasteiger partial charge is 0.244 e. The number of benzene rings is 2. The number of nitrogens with zero attached hydrogens (tertiary/aromatic N) is 2. The largest absolute Gasteiger partial charge is 0.351 e. The first kappa shape index (κ1) is 20.5. The molecule has 0 unspecified atom stereocenters. The molecule has 0 radical (unpaired) electrons. The lowest BCUT2D eigenvalue weighted by Crippen LogP contribution is -2.33. The highest BCUT2D eigenvalue weighted by atomic mass is 32.2. The van der Waals surface area contributed by atoms with E-state index in [1.54, 1.807) is 23.2 Å². The molecule has 0 saturated heterocycles. The summed E-state index contributed by atoms with van der Waals surface area (Å²) in [7, 11) is -3.47. The molecular weight excluding hydrogens is 388 g/mol. The van der Waals surface area contributed by atoms with Gasteiger partial charge in [-0.1, -0.05) is 48.5 Å². The Labute approximate surface area is 170 Å². The molecular formula is C21H22N4O3S. The summed E-state index contributed by atoms with van der Waals surface area (Å²) in [4.78, 5) is 11.9. The average molecular weight is 410 g/mol. The summed E-state index contributed by atoms with van der Waals surface area (Å²) >= 11 is 0. The number of hydrogen-bond acceptors (Lipinski definition) is 4. The average Bonchev–Trinajstić information content (AvgIpc) is 3.21. The number of para-hydroxylation sites is 1. The lowest BCUT2D eigenvalue weighted by molar-refractivity contribution is -0.116. The molecule has 8 heteroatoms. The molecule has 1 heterocycles. The van der Waals surface area contributed by atoms with Crippen molar-refractivity contribution in [3.63, 3.8) is 0 Å². The maximum absolute atomic E-state index is 12.0. The van der Waals surface area contributed by atoms with E-state index in [1.165, 1.54) is 6.08 Å². The van der Waals surface area contributed by atoms with Gasteiger partial charge in [0.05, 0.1) is 17.6 Å². The number of aromatic nitrogens is 2. The molecule has 3 aromatic rings. The summed E-state index contributed by atoms with van der Waals surface area (Å²) < 4.78 is 28.2. The van der Waals surface area contributed by atoms with Crippen molar-refractivity contribution in [2.75, 3.05) is 12.3 Å². The number of rotatable bonds is 9. The van der Waals surface area contributed by atoms with Crippen LogP contribution in [0.4, 0.5) is 0 Å². The minimum absolute atomic E-state index is 0.0244. The van der Waals surface area contributed by atoms with Gasteiger partial charge in [0.2, 0.25) is 15.9 Å². The maximum atomic E-state index is 12.0. The highest BCUT2D eigenvalue weighted by Gasteiger charge is 2.10. The van der Waals surface area contributed by atoms with Crippen molar-refractivity contribution in [1.29, 1.82) is 0 Å². The molecule has 0 bridgehead atoms. The quantitative estimate of drug-likeness (QED) is 0.529. The number of hydrogen-bond donors (Lipinski definition) is 2. The summed E-state index contributed by atoms with van der Waals surface area (Å²) in [6, 6.07) is 18.9. The molecule has 2 aromatic carbocycles. The minimum atomic E-state index is -3.47. The topological polar surface area (TPSA) is 93.1 Å². The lowest BCUT2D eigenvalue weighted by Gasteiger charge is -2.07. The van der Waals surface area contributed by atoms with Gasteiger partial charge in [-0.05, 0) is 23.8 Å². The normalized spacial score (nSPS) is 11.6. The van der Waals surface area contributed by atoms with Crippen LogP contribution < -0.4 is 10.0 Å². The molecule has 29 heavy (non-hydrogen) atoms. The second kappa shape index (κ2) is 9.81. The van der Waals surface area contributed by atoms with Gasteiger partial charge in [0.15, 0.2) is 0 Å². The third kappa shape index (κ3) is 6.70. The van der Waals surface area contributed by atoms with Gasteiger partial charge in [-0.2, -0.15) is 5.10 Å². The van der Waals surface area contributed by atoms with Crippen LogP contribution in [0.25, 0.3) is 11.8 Å². The van der Waals surface area contributed by atoms with Crippen LogP contribution in [0.5, 0.6) is 0 Å². The van der Waals surface area contributed by atoms with Crippen molar-refractivity contribution in [2.24, 2.45) is 0 Å². The van der Waals surface area contributed by atoms with Gasteiger partial charge < -0.3 is 5.32 Å². The van der Waals surface area contributed by atoms with Crippen molar-refractivity contribution < 1.29 is 13.2 Å². The molecule has 2 N–H and O–H groups in total. The standard InChI is InChI=1S/C21H22N4O3S/c26-21(12-11-19-15-23-25(17-19)20-9-5-2-6-10-20)22-13-14-29(27,28)24-16-18-7-3-1-4-8-18/h1-12,15,17,24H,13-14,16H2,(H,22,26). The van der Waals surface area contributed by atoms with Crippen LogP contribution in [0.15, 0.2) is 79.1 Å². The van der Waals surface area contributed by atoms with E-state index in [2.05, 4.69) is 15.1 Å². The summed E-state index contributed by atoms with van der Waals surface area (Å²) in [5.74, 6) is -0.554. The van der Waals surface area contributed by atoms with E-state index in [9.17, 15) is 13.2 Å². The molecule has 150 valence electrons. The Morgan fingerprint density at radius 3 is 2.45 bits per heavy atom. The molecule has 1 aromatic heterocycles. The van der Waals surface area contributed by atoms with Crippen molar-refractivity contribution >= 4 is 22.0 Å². The second-order valence-electron chi connectivity index (χ2n) is 6.30. The Morgan fingerprint density at radius 2 is 1.72 bits per heavy atom. The van der Waals surface area contributed by atoms with Crippen LogP contribution in [0.1, 0.15) is 11.1 Å². The predicted molar refractivity (Wildman–Crippen MR) is 113 cm³/mol. The number of sulfonamides is 1. The van der Waals surface area contributed by atoms with Crippen molar-refractivity contribution in [3.8, 4) is 5.69 Å². The molecule has 0 aliphatic carbocycles. The summed E-state index contributed by atoms with van der Waals surface area (Å²) in [6.45, 7) is 0.249. The van der Waals surface area contributed by atoms with E-state index in [0.717, 1.165) is 16.8 Å². The molecule has 1 amide bonds. The number of carbonyl (C=O) groups is 1. The Hall–Kier alpha value is -3.23. The number of carbonyl (C=O) groups excluding carboxylic acids is 1. The van der Waals surface area contributed by atoms with Gasteiger partial charge in [-0.25, -0.2) is 17.8 Å². The summed E-state index contributed by atoms with van der Waals surface area (Å²) in [5.41, 5.74) is 2.56. The zero-order chi connectivity index (χ0) is 20.5. The Bertz CT molecular complexity index is 1060. The van der Waals surface area contributed by atoms with Crippen molar-refractivity contribution in [1.82, 2.24) is 19.8 Å². The first-order valence-corrected chi connectivity index (χ1v) is 10.7. The number of amides is 1. The minimum Gasteiger partial charge on any atom is -0.351 e. The monoisotopic (exact) mass is 410 g/mol. The zero-order valence-electron chi connectivity index (χ0n) is 15.7. The Balaban J connectivity index is 1.43. The molecule has 0 aliphatic heterocycles. The van der Waals surface area contributed by atoms with Crippen LogP contribution in [0.2, 0.25) is 0 Å². The second-order valence-corrected chi connectivity index (χ2v) is 8.23. The highest BCUT2D eigenvalue weighted by Crippen LogP contribution is 2.08. The first-order chi connectivity index (χ1) is 14.0. The van der Waals surface area contributed by atoms with Gasteiger partial charge in [0, 0.05) is 30.9 Å². The third-order valence-electron chi connectivity index (χ3n) is 4.06. The van der Waals surface area contributed by atoms with E-state index >= 15 is 0 Å². The fraction of sp³-hybridized carbons (Fsp3) is 0.143. The van der Waals surface area contributed by atoms with E-state index in [0.29, 0.717) is 0 Å². The lowest BCUT2D eigenvalue weighted by atomic mass is 10.2. The Morgan fingerprint density at radius 1 is 1.03 bits per heavy atom. The van der Waals surface area contributed by atoms with Crippen molar-refractivity contribution in [3.05, 3.63) is 90.3 Å². The summed E-state index contributed by atoms with van der Waals surface area (Å²) in [6.07, 6.45) is 6.44. The van der Waals surface area contributed by atoms with Crippen LogP contribution in [0, 0.1) is 0 Å². The van der Waals surface area contributed by atoms with Gasteiger partial charge in [-0.3, -0.25) is 4.79 Å². The zero-order valence-corrected chi connectivity index (χ0v) is 16.5. The van der Waals surface area contributed by atoms with Gasteiger partial charge >= 0.3 is 0 Å². The van der Waals surface area contributed by atoms with Gasteiger partial charge in [-0.15, -0.1) is 0 Å². The third-order valence-corrected chi connectivity index (χ3v) is 5.39. The molecule has 3 rings (SSSR count). The predicted octanol–water partition coefficient (Wildman–Crippen LogP) is 2.12. The molecule has 0 fully saturated rings. The first-order valence-electron chi connectivity index (χ1n) is 9.09. The van der Waals surface area contributed by atoms with Gasteiger partial charge in [0.1, 0.15) is 0 Å². The number of nitrogens with one attached hydrogen (secondary N) is 2. The molecule has 0 spiro atoms. The van der Waals surface area contributed by atoms with E-state index < -0.39 is 10.0 Å².